The molecule has 1 nitrogen and oxygen atoms in total. The van der Waals surface area contributed by atoms with Crippen LogP contribution in [0.25, 0.3) is 0 Å². The smallest absolute Gasteiger partial charge is 0.422 e. The molecule has 78 valence electrons. The average molecular weight is 208 g/mol. The summed E-state index contributed by atoms with van der Waals surface area (Å²) in [6.45, 7) is 0.141. The van der Waals surface area contributed by atoms with Crippen molar-refractivity contribution in [3.05, 3.63) is 29.6 Å². The monoisotopic (exact) mass is 208 g/mol. The zero-order valence-corrected chi connectivity index (χ0v) is 7.36. The van der Waals surface area contributed by atoms with E-state index in [0.29, 0.717) is 5.56 Å². The number of ether oxygens (including phenoxy) is 1. The first-order valence-electron chi connectivity index (χ1n) is 3.84. The van der Waals surface area contributed by atoms with E-state index in [2.05, 4.69) is 4.74 Å². The fraction of sp³-hybridized carbons (Fsp3) is 0.333. The van der Waals surface area contributed by atoms with Gasteiger partial charge in [-0.3, -0.25) is 0 Å². The Morgan fingerprint density at radius 1 is 1.29 bits per heavy atom. The topological polar surface area (TPSA) is 9.23 Å². The quantitative estimate of drug-likeness (QED) is 0.678. The van der Waals surface area contributed by atoms with Crippen LogP contribution in [0.5, 0.6) is 5.75 Å². The molecule has 0 saturated heterocycles. The fourth-order valence-corrected chi connectivity index (χ4v) is 0.889. The van der Waals surface area contributed by atoms with E-state index in [4.69, 9.17) is 0 Å². The molecule has 0 aliphatic carbocycles. The van der Waals surface area contributed by atoms with Crippen LogP contribution < -0.4 is 4.74 Å². The lowest BCUT2D eigenvalue weighted by Gasteiger charge is -2.10. The lowest BCUT2D eigenvalue weighted by Crippen LogP contribution is -2.19. The number of halogens is 4. The van der Waals surface area contributed by atoms with E-state index in [0.717, 1.165) is 12.1 Å². The van der Waals surface area contributed by atoms with Crippen molar-refractivity contribution in [1.82, 2.24) is 0 Å². The molecule has 0 aliphatic heterocycles. The van der Waals surface area contributed by atoms with E-state index in [1.807, 2.05) is 0 Å². The molecule has 0 aliphatic rings. The summed E-state index contributed by atoms with van der Waals surface area (Å²) in [6, 6.07) is 3.46. The van der Waals surface area contributed by atoms with Crippen molar-refractivity contribution in [1.29, 1.82) is 0 Å². The second-order valence-corrected chi connectivity index (χ2v) is 2.81. The Bertz CT molecular complexity index is 319. The van der Waals surface area contributed by atoms with Gasteiger partial charge in [0, 0.05) is 6.07 Å². The highest BCUT2D eigenvalue weighted by Gasteiger charge is 2.28. The maximum Gasteiger partial charge on any atom is 0.422 e. The molecule has 0 saturated carbocycles. The molecule has 14 heavy (non-hydrogen) atoms. The lowest BCUT2D eigenvalue weighted by atomic mass is 10.2. The zero-order valence-electron chi connectivity index (χ0n) is 7.36. The molecule has 0 heterocycles. The third kappa shape index (κ3) is 3.24. The SMILES string of the molecule is Cc1ccc(F)cc1OCC(F)(F)F. The van der Waals surface area contributed by atoms with E-state index in [1.54, 1.807) is 6.92 Å². The molecular formula is C9H8F4O. The minimum Gasteiger partial charge on any atom is -0.484 e. The number of aryl methyl sites for hydroxylation is 1. The molecule has 5 heteroatoms. The van der Waals surface area contributed by atoms with E-state index in [9.17, 15) is 17.6 Å². The van der Waals surface area contributed by atoms with Gasteiger partial charge >= 0.3 is 6.18 Å². The normalized spacial score (nSPS) is 11.5. The van der Waals surface area contributed by atoms with Crippen LogP contribution in [0.15, 0.2) is 18.2 Å². The summed E-state index contributed by atoms with van der Waals surface area (Å²) >= 11 is 0. The second kappa shape index (κ2) is 3.86. The van der Waals surface area contributed by atoms with Gasteiger partial charge in [-0.25, -0.2) is 4.39 Å². The maximum absolute atomic E-state index is 12.6. The molecule has 0 unspecified atom stereocenters. The third-order valence-corrected chi connectivity index (χ3v) is 1.54. The van der Waals surface area contributed by atoms with Gasteiger partial charge in [-0.1, -0.05) is 6.07 Å². The first-order chi connectivity index (χ1) is 6.38. The molecule has 1 rings (SSSR count). The number of hydrogen-bond acceptors (Lipinski definition) is 1. The number of rotatable bonds is 2. The molecule has 0 aromatic heterocycles. The van der Waals surface area contributed by atoms with Crippen molar-refractivity contribution < 1.29 is 22.3 Å². The second-order valence-electron chi connectivity index (χ2n) is 2.81. The highest BCUT2D eigenvalue weighted by molar-refractivity contribution is 5.32. The Kier molecular flexibility index (Phi) is 2.98. The molecule has 0 bridgehead atoms. The van der Waals surface area contributed by atoms with Crippen molar-refractivity contribution in [2.45, 2.75) is 13.1 Å². The predicted octanol–water partition coefficient (Wildman–Crippen LogP) is 3.08. The molecule has 1 aromatic carbocycles. The Labute approximate surface area is 78.3 Å². The number of hydrogen-bond donors (Lipinski definition) is 0. The number of benzene rings is 1. The summed E-state index contributed by atoms with van der Waals surface area (Å²) in [7, 11) is 0. The fourth-order valence-electron chi connectivity index (χ4n) is 0.889. The van der Waals surface area contributed by atoms with E-state index in [-0.39, 0.29) is 5.75 Å². The summed E-state index contributed by atoms with van der Waals surface area (Å²) in [6.07, 6.45) is -4.40. The molecule has 0 atom stereocenters. The van der Waals surface area contributed by atoms with Gasteiger partial charge in [0.15, 0.2) is 6.61 Å². The minimum absolute atomic E-state index is 0.0812. The summed E-state index contributed by atoms with van der Waals surface area (Å²) < 4.78 is 52.3. The van der Waals surface area contributed by atoms with Gasteiger partial charge < -0.3 is 4.74 Å². The maximum atomic E-state index is 12.6. The van der Waals surface area contributed by atoms with E-state index < -0.39 is 18.6 Å². The van der Waals surface area contributed by atoms with Crippen molar-refractivity contribution >= 4 is 0 Å². The van der Waals surface area contributed by atoms with Crippen molar-refractivity contribution in [3.63, 3.8) is 0 Å². The van der Waals surface area contributed by atoms with Gasteiger partial charge in [0.25, 0.3) is 0 Å². The Balaban J connectivity index is 2.72. The van der Waals surface area contributed by atoms with Gasteiger partial charge in [-0.05, 0) is 18.6 Å². The van der Waals surface area contributed by atoms with Gasteiger partial charge in [0.05, 0.1) is 0 Å². The molecule has 0 spiro atoms. The van der Waals surface area contributed by atoms with Crippen molar-refractivity contribution in [3.8, 4) is 5.75 Å². The first kappa shape index (κ1) is 10.8. The summed E-state index contributed by atoms with van der Waals surface area (Å²) in [5.41, 5.74) is 0.468. The van der Waals surface area contributed by atoms with Crippen LogP contribution in [-0.4, -0.2) is 12.8 Å². The summed E-state index contributed by atoms with van der Waals surface area (Å²) in [4.78, 5) is 0. The highest BCUT2D eigenvalue weighted by Crippen LogP contribution is 2.22. The lowest BCUT2D eigenvalue weighted by molar-refractivity contribution is -0.153. The summed E-state index contributed by atoms with van der Waals surface area (Å²) in [5, 5.41) is 0. The Morgan fingerprint density at radius 2 is 1.93 bits per heavy atom. The zero-order chi connectivity index (χ0) is 10.8. The molecule has 0 amide bonds. The molecular weight excluding hydrogens is 200 g/mol. The van der Waals surface area contributed by atoms with Crippen LogP contribution in [0.1, 0.15) is 5.56 Å². The number of alkyl halides is 3. The average Bonchev–Trinajstić information content (AvgIpc) is 2.05. The Hall–Kier alpha value is -1.26. The van der Waals surface area contributed by atoms with Gasteiger partial charge in [-0.15, -0.1) is 0 Å². The molecule has 0 N–H and O–H groups in total. The van der Waals surface area contributed by atoms with Gasteiger partial charge in [0.1, 0.15) is 11.6 Å². The van der Waals surface area contributed by atoms with Crippen LogP contribution in [0.4, 0.5) is 17.6 Å². The van der Waals surface area contributed by atoms with Gasteiger partial charge in [0.2, 0.25) is 0 Å². The molecule has 0 radical (unpaired) electrons. The van der Waals surface area contributed by atoms with Crippen LogP contribution in [0, 0.1) is 12.7 Å². The van der Waals surface area contributed by atoms with Crippen molar-refractivity contribution in [2.24, 2.45) is 0 Å². The standard InChI is InChI=1S/C9H8F4O/c1-6-2-3-7(10)4-8(6)14-5-9(11,12)13/h2-4H,5H2,1H3. The molecule has 0 fully saturated rings. The minimum atomic E-state index is -4.40. The van der Waals surface area contributed by atoms with E-state index in [1.165, 1.54) is 6.07 Å². The van der Waals surface area contributed by atoms with Gasteiger partial charge in [-0.2, -0.15) is 13.2 Å². The van der Waals surface area contributed by atoms with Crippen LogP contribution >= 0.6 is 0 Å². The Morgan fingerprint density at radius 3 is 2.50 bits per heavy atom. The first-order valence-corrected chi connectivity index (χ1v) is 3.84. The largest absolute Gasteiger partial charge is 0.484 e. The van der Waals surface area contributed by atoms with Crippen LogP contribution in [-0.2, 0) is 0 Å². The highest BCUT2D eigenvalue weighted by atomic mass is 19.4. The summed E-state index contributed by atoms with van der Waals surface area (Å²) in [5.74, 6) is -0.699. The molecule has 1 aromatic rings. The van der Waals surface area contributed by atoms with Crippen LogP contribution in [0.3, 0.4) is 0 Å². The van der Waals surface area contributed by atoms with Crippen LogP contribution in [0.2, 0.25) is 0 Å². The van der Waals surface area contributed by atoms with Crippen molar-refractivity contribution in [2.75, 3.05) is 6.61 Å². The van der Waals surface area contributed by atoms with E-state index >= 15 is 0 Å². The third-order valence-electron chi connectivity index (χ3n) is 1.54. The predicted molar refractivity (Wildman–Crippen MR) is 42.7 cm³/mol.